The highest BCUT2D eigenvalue weighted by Gasteiger charge is 2.19. The number of aryl methyl sites for hydroxylation is 2. The van der Waals surface area contributed by atoms with Crippen LogP contribution < -0.4 is 0 Å². The fourth-order valence-corrected chi connectivity index (χ4v) is 2.65. The molecule has 0 aliphatic heterocycles. The first kappa shape index (κ1) is 15.6. The molecule has 0 atom stereocenters. The third-order valence-electron chi connectivity index (χ3n) is 3.21. The van der Waals surface area contributed by atoms with Gasteiger partial charge in [0.2, 0.25) is 0 Å². The van der Waals surface area contributed by atoms with E-state index in [4.69, 9.17) is 0 Å². The SMILES string of the molecule is CSCCCn1nnc(C(=O)O)c1Cc1cccc(C)c1. The van der Waals surface area contributed by atoms with E-state index in [0.29, 0.717) is 18.7 Å². The van der Waals surface area contributed by atoms with Crippen molar-refractivity contribution in [3.05, 3.63) is 46.8 Å². The summed E-state index contributed by atoms with van der Waals surface area (Å²) in [5, 5.41) is 17.1. The van der Waals surface area contributed by atoms with Gasteiger partial charge in [0.15, 0.2) is 5.69 Å². The molecule has 5 nitrogen and oxygen atoms in total. The van der Waals surface area contributed by atoms with Crippen LogP contribution in [0.25, 0.3) is 0 Å². The molecule has 0 aliphatic carbocycles. The summed E-state index contributed by atoms with van der Waals surface area (Å²) in [6.07, 6.45) is 3.54. The van der Waals surface area contributed by atoms with Crippen molar-refractivity contribution in [2.75, 3.05) is 12.0 Å². The minimum atomic E-state index is -1.02. The molecule has 1 N–H and O–H groups in total. The van der Waals surface area contributed by atoms with Crippen LogP contribution >= 0.6 is 11.8 Å². The number of hydrogen-bond acceptors (Lipinski definition) is 4. The van der Waals surface area contributed by atoms with Crippen LogP contribution in [0.5, 0.6) is 0 Å². The maximum Gasteiger partial charge on any atom is 0.358 e. The summed E-state index contributed by atoms with van der Waals surface area (Å²) in [5.41, 5.74) is 2.96. The van der Waals surface area contributed by atoms with Crippen LogP contribution in [0.3, 0.4) is 0 Å². The highest BCUT2D eigenvalue weighted by atomic mass is 32.2. The maximum absolute atomic E-state index is 11.3. The first-order chi connectivity index (χ1) is 10.1. The molecule has 1 aromatic heterocycles. The van der Waals surface area contributed by atoms with Gasteiger partial charge in [0.05, 0.1) is 5.69 Å². The summed E-state index contributed by atoms with van der Waals surface area (Å²) in [7, 11) is 0. The zero-order valence-corrected chi connectivity index (χ0v) is 13.1. The number of nitrogens with zero attached hydrogens (tertiary/aromatic N) is 3. The Kier molecular flexibility index (Phi) is 5.38. The van der Waals surface area contributed by atoms with Crippen LogP contribution in [0, 0.1) is 6.92 Å². The quantitative estimate of drug-likeness (QED) is 0.796. The summed E-state index contributed by atoms with van der Waals surface area (Å²) in [5.74, 6) is 0.000332. The van der Waals surface area contributed by atoms with Crippen LogP contribution in [-0.4, -0.2) is 38.1 Å². The molecule has 2 rings (SSSR count). The average molecular weight is 305 g/mol. The molecule has 0 radical (unpaired) electrons. The number of carboxylic acid groups (broad SMARTS) is 1. The molecule has 1 heterocycles. The molecule has 112 valence electrons. The predicted molar refractivity (Wildman–Crippen MR) is 84.0 cm³/mol. The van der Waals surface area contributed by atoms with Crippen LogP contribution in [0.1, 0.15) is 33.7 Å². The van der Waals surface area contributed by atoms with Gasteiger partial charge in [-0.25, -0.2) is 9.48 Å². The van der Waals surface area contributed by atoms with Crippen molar-refractivity contribution in [2.45, 2.75) is 26.3 Å². The maximum atomic E-state index is 11.3. The molecular formula is C15H19N3O2S. The first-order valence-electron chi connectivity index (χ1n) is 6.82. The van der Waals surface area contributed by atoms with E-state index in [1.54, 1.807) is 16.4 Å². The Labute approximate surface area is 128 Å². The third kappa shape index (κ3) is 4.07. The summed E-state index contributed by atoms with van der Waals surface area (Å²) >= 11 is 1.77. The predicted octanol–water partition coefficient (Wildman–Crippen LogP) is 2.63. The van der Waals surface area contributed by atoms with Crippen molar-refractivity contribution in [2.24, 2.45) is 0 Å². The van der Waals surface area contributed by atoms with Crippen molar-refractivity contribution < 1.29 is 9.90 Å². The molecule has 1 aromatic carbocycles. The van der Waals surface area contributed by atoms with Crippen molar-refractivity contribution in [1.82, 2.24) is 15.0 Å². The third-order valence-corrected chi connectivity index (χ3v) is 3.91. The number of carbonyl (C=O) groups is 1. The lowest BCUT2D eigenvalue weighted by atomic mass is 10.1. The van der Waals surface area contributed by atoms with E-state index in [9.17, 15) is 9.90 Å². The van der Waals surface area contributed by atoms with E-state index < -0.39 is 5.97 Å². The monoisotopic (exact) mass is 305 g/mol. The second-order valence-corrected chi connectivity index (χ2v) is 5.91. The minimum absolute atomic E-state index is 0.0562. The fourth-order valence-electron chi connectivity index (χ4n) is 2.23. The van der Waals surface area contributed by atoms with Crippen LogP contribution in [-0.2, 0) is 13.0 Å². The van der Waals surface area contributed by atoms with Gasteiger partial charge in [0.25, 0.3) is 0 Å². The highest BCUT2D eigenvalue weighted by Crippen LogP contribution is 2.15. The van der Waals surface area contributed by atoms with Gasteiger partial charge in [0, 0.05) is 13.0 Å². The summed E-state index contributed by atoms with van der Waals surface area (Å²) in [6, 6.07) is 8.06. The van der Waals surface area contributed by atoms with Crippen LogP contribution in [0.15, 0.2) is 24.3 Å². The zero-order chi connectivity index (χ0) is 15.2. The Morgan fingerprint density at radius 3 is 2.90 bits per heavy atom. The van der Waals surface area contributed by atoms with Gasteiger partial charge in [0.1, 0.15) is 0 Å². The number of carboxylic acids is 1. The summed E-state index contributed by atoms with van der Waals surface area (Å²) < 4.78 is 1.72. The van der Waals surface area contributed by atoms with Gasteiger partial charge in [-0.2, -0.15) is 11.8 Å². The Morgan fingerprint density at radius 2 is 2.24 bits per heavy atom. The first-order valence-corrected chi connectivity index (χ1v) is 8.21. The lowest BCUT2D eigenvalue weighted by Crippen LogP contribution is -2.10. The normalized spacial score (nSPS) is 10.8. The van der Waals surface area contributed by atoms with Crippen molar-refractivity contribution in [3.8, 4) is 0 Å². The zero-order valence-electron chi connectivity index (χ0n) is 12.2. The van der Waals surface area contributed by atoms with Crippen LogP contribution in [0.4, 0.5) is 0 Å². The molecule has 0 amide bonds. The smallest absolute Gasteiger partial charge is 0.358 e. The lowest BCUT2D eigenvalue weighted by Gasteiger charge is -2.07. The second kappa shape index (κ2) is 7.26. The lowest BCUT2D eigenvalue weighted by molar-refractivity contribution is 0.0689. The minimum Gasteiger partial charge on any atom is -0.476 e. The average Bonchev–Trinajstić information content (AvgIpc) is 2.82. The van der Waals surface area contributed by atoms with Crippen LogP contribution in [0.2, 0.25) is 0 Å². The molecule has 0 bridgehead atoms. The molecule has 0 fully saturated rings. The number of rotatable bonds is 7. The molecule has 0 saturated carbocycles. The molecular weight excluding hydrogens is 286 g/mol. The number of thioether (sulfide) groups is 1. The highest BCUT2D eigenvalue weighted by molar-refractivity contribution is 7.98. The fraction of sp³-hybridized carbons (Fsp3) is 0.400. The molecule has 0 unspecified atom stereocenters. The van der Waals surface area contributed by atoms with Gasteiger partial charge >= 0.3 is 5.97 Å². The molecule has 0 saturated heterocycles. The Balaban J connectivity index is 2.25. The molecule has 0 aliphatic rings. The Hall–Kier alpha value is -1.82. The van der Waals surface area contributed by atoms with Gasteiger partial charge in [-0.15, -0.1) is 5.10 Å². The van der Waals surface area contributed by atoms with Gasteiger partial charge in [-0.3, -0.25) is 0 Å². The summed E-state index contributed by atoms with van der Waals surface area (Å²) in [6.45, 7) is 2.72. The number of hydrogen-bond donors (Lipinski definition) is 1. The number of benzene rings is 1. The van der Waals surface area contributed by atoms with Gasteiger partial charge in [-0.1, -0.05) is 35.0 Å². The topological polar surface area (TPSA) is 68.0 Å². The largest absolute Gasteiger partial charge is 0.476 e. The Morgan fingerprint density at radius 1 is 1.43 bits per heavy atom. The van der Waals surface area contributed by atoms with E-state index in [-0.39, 0.29) is 5.69 Å². The van der Waals surface area contributed by atoms with E-state index in [1.165, 1.54) is 0 Å². The standard InChI is InChI=1S/C15H19N3O2S/c1-11-5-3-6-12(9-11)10-13-14(15(19)20)16-17-18(13)7-4-8-21-2/h3,5-6,9H,4,7-8,10H2,1-2H3,(H,19,20). The molecule has 0 spiro atoms. The summed E-state index contributed by atoms with van der Waals surface area (Å²) in [4.78, 5) is 11.3. The van der Waals surface area contributed by atoms with E-state index >= 15 is 0 Å². The van der Waals surface area contributed by atoms with Crippen molar-refractivity contribution in [1.29, 1.82) is 0 Å². The van der Waals surface area contributed by atoms with E-state index in [0.717, 1.165) is 23.3 Å². The van der Waals surface area contributed by atoms with Gasteiger partial charge < -0.3 is 5.11 Å². The molecule has 21 heavy (non-hydrogen) atoms. The molecule has 6 heteroatoms. The van der Waals surface area contributed by atoms with Crippen molar-refractivity contribution in [3.63, 3.8) is 0 Å². The number of aromatic carboxylic acids is 1. The second-order valence-electron chi connectivity index (χ2n) is 4.93. The molecule has 2 aromatic rings. The van der Waals surface area contributed by atoms with E-state index in [1.807, 2.05) is 25.1 Å². The van der Waals surface area contributed by atoms with Gasteiger partial charge in [-0.05, 0) is 30.9 Å². The van der Waals surface area contributed by atoms with E-state index in [2.05, 4.69) is 22.6 Å². The Bertz CT molecular complexity index is 625. The van der Waals surface area contributed by atoms with Crippen molar-refractivity contribution >= 4 is 17.7 Å². The number of aromatic nitrogens is 3.